The molecular formula is C15H17F2N3S. The second kappa shape index (κ2) is 6.95. The number of rotatable bonds is 5. The van der Waals surface area contributed by atoms with E-state index in [-0.39, 0.29) is 4.90 Å². The molecule has 0 spiro atoms. The van der Waals surface area contributed by atoms with Crippen LogP contribution in [0.2, 0.25) is 0 Å². The molecule has 21 heavy (non-hydrogen) atoms. The first-order valence-electron chi connectivity index (χ1n) is 6.68. The summed E-state index contributed by atoms with van der Waals surface area (Å²) in [7, 11) is 0. The molecule has 0 atom stereocenters. The zero-order valence-corrected chi connectivity index (χ0v) is 13.0. The van der Waals surface area contributed by atoms with Crippen LogP contribution >= 0.6 is 11.8 Å². The molecule has 1 aromatic carbocycles. The minimum absolute atomic E-state index is 0.0692. The maximum Gasteiger partial charge on any atom is 0.193 e. The van der Waals surface area contributed by atoms with E-state index in [4.69, 9.17) is 0 Å². The van der Waals surface area contributed by atoms with Crippen molar-refractivity contribution in [2.24, 2.45) is 0 Å². The van der Waals surface area contributed by atoms with Crippen molar-refractivity contribution in [2.75, 3.05) is 6.54 Å². The summed E-state index contributed by atoms with van der Waals surface area (Å²) in [5, 5.41) is 3.39. The summed E-state index contributed by atoms with van der Waals surface area (Å²) in [5.41, 5.74) is 2.13. The molecule has 0 radical (unpaired) electrons. The number of nitrogens with one attached hydrogen (secondary N) is 1. The smallest absolute Gasteiger partial charge is 0.193 e. The van der Waals surface area contributed by atoms with Crippen molar-refractivity contribution in [3.8, 4) is 0 Å². The van der Waals surface area contributed by atoms with Gasteiger partial charge in [0, 0.05) is 17.9 Å². The lowest BCUT2D eigenvalue weighted by Crippen LogP contribution is -2.12. The van der Waals surface area contributed by atoms with Gasteiger partial charge in [-0.1, -0.05) is 6.92 Å². The first kappa shape index (κ1) is 15.9. The molecule has 112 valence electrons. The lowest BCUT2D eigenvalue weighted by atomic mass is 10.2. The number of hydrogen-bond acceptors (Lipinski definition) is 4. The monoisotopic (exact) mass is 309 g/mol. The minimum Gasteiger partial charge on any atom is -0.313 e. The Morgan fingerprint density at radius 2 is 1.62 bits per heavy atom. The standard InChI is InChI=1S/C15H17F2N3S/c1-4-18-8-11-6-12(16)14(13(17)7-11)21-15-19-9(2)5-10(3)20-15/h5-7,18H,4,8H2,1-3H3. The first-order valence-corrected chi connectivity index (χ1v) is 7.50. The fraction of sp³-hybridized carbons (Fsp3) is 0.333. The van der Waals surface area contributed by atoms with Crippen molar-refractivity contribution in [1.29, 1.82) is 0 Å². The van der Waals surface area contributed by atoms with Crippen molar-refractivity contribution in [3.05, 3.63) is 46.8 Å². The third kappa shape index (κ3) is 4.22. The number of benzene rings is 1. The van der Waals surface area contributed by atoms with Gasteiger partial charge in [-0.05, 0) is 55.9 Å². The van der Waals surface area contributed by atoms with Crippen LogP contribution in [0.15, 0.2) is 28.3 Å². The van der Waals surface area contributed by atoms with Crippen molar-refractivity contribution >= 4 is 11.8 Å². The molecule has 1 N–H and O–H groups in total. The quantitative estimate of drug-likeness (QED) is 0.856. The van der Waals surface area contributed by atoms with Gasteiger partial charge in [0.15, 0.2) is 5.16 Å². The molecule has 0 saturated heterocycles. The van der Waals surface area contributed by atoms with Crippen LogP contribution in [0.1, 0.15) is 23.9 Å². The predicted octanol–water partition coefficient (Wildman–Crippen LogP) is 3.63. The van der Waals surface area contributed by atoms with Gasteiger partial charge in [0.25, 0.3) is 0 Å². The molecule has 1 aromatic heterocycles. The van der Waals surface area contributed by atoms with Crippen LogP contribution in [0.3, 0.4) is 0 Å². The molecule has 6 heteroatoms. The normalized spacial score (nSPS) is 10.9. The third-order valence-corrected chi connectivity index (χ3v) is 3.75. The molecule has 2 rings (SSSR count). The molecule has 2 aromatic rings. The second-order valence-electron chi connectivity index (χ2n) is 4.70. The molecule has 0 saturated carbocycles. The molecule has 1 heterocycles. The number of halogens is 2. The summed E-state index contributed by atoms with van der Waals surface area (Å²) >= 11 is 0.909. The van der Waals surface area contributed by atoms with Gasteiger partial charge in [-0.3, -0.25) is 0 Å². The van der Waals surface area contributed by atoms with E-state index in [1.807, 2.05) is 26.8 Å². The van der Waals surface area contributed by atoms with Crippen LogP contribution in [-0.2, 0) is 6.54 Å². The Kier molecular flexibility index (Phi) is 5.25. The van der Waals surface area contributed by atoms with E-state index >= 15 is 0 Å². The van der Waals surface area contributed by atoms with Crippen LogP contribution in [-0.4, -0.2) is 16.5 Å². The molecule has 0 aliphatic heterocycles. The van der Waals surface area contributed by atoms with E-state index < -0.39 is 11.6 Å². The largest absolute Gasteiger partial charge is 0.313 e. The highest BCUT2D eigenvalue weighted by Crippen LogP contribution is 2.31. The number of aryl methyl sites for hydroxylation is 2. The van der Waals surface area contributed by atoms with E-state index in [2.05, 4.69) is 15.3 Å². The number of nitrogens with zero attached hydrogens (tertiary/aromatic N) is 2. The Bertz CT molecular complexity index is 604. The van der Waals surface area contributed by atoms with E-state index in [1.54, 1.807) is 0 Å². The average Bonchev–Trinajstić information content (AvgIpc) is 2.39. The van der Waals surface area contributed by atoms with Crippen LogP contribution in [0.25, 0.3) is 0 Å². The van der Waals surface area contributed by atoms with Gasteiger partial charge in [0.05, 0.1) is 4.90 Å². The zero-order chi connectivity index (χ0) is 15.4. The lowest BCUT2D eigenvalue weighted by molar-refractivity contribution is 0.534. The topological polar surface area (TPSA) is 37.8 Å². The van der Waals surface area contributed by atoms with Gasteiger partial charge in [-0.25, -0.2) is 18.7 Å². The molecule has 0 unspecified atom stereocenters. The zero-order valence-electron chi connectivity index (χ0n) is 12.2. The van der Waals surface area contributed by atoms with Gasteiger partial charge < -0.3 is 5.32 Å². The van der Waals surface area contributed by atoms with Gasteiger partial charge in [-0.2, -0.15) is 0 Å². The van der Waals surface area contributed by atoms with Crippen molar-refractivity contribution < 1.29 is 8.78 Å². The average molecular weight is 309 g/mol. The molecule has 0 amide bonds. The maximum atomic E-state index is 14.1. The van der Waals surface area contributed by atoms with Crippen molar-refractivity contribution in [3.63, 3.8) is 0 Å². The lowest BCUT2D eigenvalue weighted by Gasteiger charge is -2.08. The summed E-state index contributed by atoms with van der Waals surface area (Å²) in [4.78, 5) is 8.31. The Morgan fingerprint density at radius 1 is 1.05 bits per heavy atom. The van der Waals surface area contributed by atoms with Gasteiger partial charge in [0.1, 0.15) is 11.6 Å². The third-order valence-electron chi connectivity index (χ3n) is 2.79. The molecular weight excluding hydrogens is 292 g/mol. The highest BCUT2D eigenvalue weighted by Gasteiger charge is 2.14. The van der Waals surface area contributed by atoms with E-state index in [0.717, 1.165) is 29.7 Å². The van der Waals surface area contributed by atoms with Crippen molar-refractivity contribution in [1.82, 2.24) is 15.3 Å². The van der Waals surface area contributed by atoms with Crippen LogP contribution in [0, 0.1) is 25.5 Å². The molecule has 0 aliphatic rings. The summed E-state index contributed by atoms with van der Waals surface area (Å²) < 4.78 is 28.2. The van der Waals surface area contributed by atoms with Crippen LogP contribution < -0.4 is 5.32 Å². The van der Waals surface area contributed by atoms with E-state index in [9.17, 15) is 8.78 Å². The molecule has 0 fully saturated rings. The summed E-state index contributed by atoms with van der Waals surface area (Å²) in [6, 6.07) is 4.50. The molecule has 0 bridgehead atoms. The Labute approximate surface area is 127 Å². The van der Waals surface area contributed by atoms with Crippen molar-refractivity contribution in [2.45, 2.75) is 37.4 Å². The fourth-order valence-corrected chi connectivity index (χ4v) is 2.79. The highest BCUT2D eigenvalue weighted by molar-refractivity contribution is 7.99. The Balaban J connectivity index is 2.27. The second-order valence-corrected chi connectivity index (χ2v) is 5.68. The first-order chi connectivity index (χ1) is 9.99. The van der Waals surface area contributed by atoms with Gasteiger partial charge >= 0.3 is 0 Å². The maximum absolute atomic E-state index is 14.1. The Morgan fingerprint density at radius 3 is 2.14 bits per heavy atom. The van der Waals surface area contributed by atoms with Crippen LogP contribution in [0.5, 0.6) is 0 Å². The summed E-state index contributed by atoms with van der Waals surface area (Å²) in [6.45, 7) is 6.77. The van der Waals surface area contributed by atoms with Gasteiger partial charge in [-0.15, -0.1) is 0 Å². The van der Waals surface area contributed by atoms with Gasteiger partial charge in [0.2, 0.25) is 0 Å². The number of hydrogen-bond donors (Lipinski definition) is 1. The number of aromatic nitrogens is 2. The molecule has 0 aliphatic carbocycles. The molecule has 3 nitrogen and oxygen atoms in total. The predicted molar refractivity (Wildman–Crippen MR) is 79.4 cm³/mol. The summed E-state index contributed by atoms with van der Waals surface area (Å²) in [6.07, 6.45) is 0. The fourth-order valence-electron chi connectivity index (χ4n) is 1.91. The minimum atomic E-state index is -0.587. The SMILES string of the molecule is CCNCc1cc(F)c(Sc2nc(C)cc(C)n2)c(F)c1. The van der Waals surface area contributed by atoms with Crippen LogP contribution in [0.4, 0.5) is 8.78 Å². The van der Waals surface area contributed by atoms with E-state index in [1.165, 1.54) is 12.1 Å². The highest BCUT2D eigenvalue weighted by atomic mass is 32.2. The summed E-state index contributed by atoms with van der Waals surface area (Å²) in [5.74, 6) is -1.17. The Hall–Kier alpha value is -1.53. The van der Waals surface area contributed by atoms with E-state index in [0.29, 0.717) is 17.3 Å².